The number of hydrogen-bond acceptors (Lipinski definition) is 5. The summed E-state index contributed by atoms with van der Waals surface area (Å²) >= 11 is 0. The Balaban J connectivity index is 2.85. The molecule has 2 N–H and O–H groups in total. The smallest absolute Gasteiger partial charge is 0.356 e. The Bertz CT molecular complexity index is 313. The highest BCUT2D eigenvalue weighted by atomic mass is 16.4. The molecule has 0 fully saturated rings. The number of anilines is 1. The van der Waals surface area contributed by atoms with Crippen molar-refractivity contribution in [1.29, 1.82) is 0 Å². The molecule has 0 bridgehead atoms. The van der Waals surface area contributed by atoms with E-state index in [2.05, 4.69) is 20.5 Å². The fourth-order valence-electron chi connectivity index (χ4n) is 0.726. The molecule has 1 aromatic heterocycles. The third-order valence-corrected chi connectivity index (χ3v) is 1.20. The van der Waals surface area contributed by atoms with E-state index in [4.69, 9.17) is 5.11 Å². The molecule has 6 nitrogen and oxygen atoms in total. The highest BCUT2D eigenvalue weighted by Gasteiger charge is 2.07. The Kier molecular flexibility index (Phi) is 2.73. The molecule has 70 valence electrons. The van der Waals surface area contributed by atoms with Crippen LogP contribution in [0.3, 0.4) is 0 Å². The van der Waals surface area contributed by atoms with Crippen molar-refractivity contribution in [2.24, 2.45) is 0 Å². The maximum atomic E-state index is 10.5. The van der Waals surface area contributed by atoms with Crippen molar-refractivity contribution >= 4 is 11.9 Å². The molecule has 0 atom stereocenters. The second-order valence-electron chi connectivity index (χ2n) is 2.77. The van der Waals surface area contributed by atoms with Crippen molar-refractivity contribution in [3.05, 3.63) is 11.9 Å². The third kappa shape index (κ3) is 2.66. The largest absolute Gasteiger partial charge is 0.476 e. The Labute approximate surface area is 75.0 Å². The molecule has 0 aromatic carbocycles. The standard InChI is InChI=1S/C7H10N4O2/c1-4(2)9-7-10-5(6(12)13)3-8-11-7/h3-4H,1-2H3,(H,12,13)(H,9,10,11). The Hall–Kier alpha value is -1.72. The molecule has 0 amide bonds. The van der Waals surface area contributed by atoms with E-state index in [9.17, 15) is 4.79 Å². The van der Waals surface area contributed by atoms with Gasteiger partial charge in [-0.3, -0.25) is 0 Å². The van der Waals surface area contributed by atoms with E-state index >= 15 is 0 Å². The molecule has 1 aromatic rings. The minimum absolute atomic E-state index is 0.113. The second kappa shape index (κ2) is 3.79. The van der Waals surface area contributed by atoms with Crippen LogP contribution in [0.2, 0.25) is 0 Å². The van der Waals surface area contributed by atoms with Crippen molar-refractivity contribution in [2.75, 3.05) is 5.32 Å². The first-order valence-corrected chi connectivity index (χ1v) is 3.79. The van der Waals surface area contributed by atoms with Gasteiger partial charge in [-0.15, -0.1) is 5.10 Å². The van der Waals surface area contributed by atoms with Gasteiger partial charge in [-0.05, 0) is 13.8 Å². The van der Waals surface area contributed by atoms with Crippen molar-refractivity contribution in [1.82, 2.24) is 15.2 Å². The molecule has 0 unspecified atom stereocenters. The molecule has 13 heavy (non-hydrogen) atoms. The zero-order valence-electron chi connectivity index (χ0n) is 7.35. The normalized spacial score (nSPS) is 10.1. The number of carboxylic acids is 1. The van der Waals surface area contributed by atoms with E-state index in [1.165, 1.54) is 0 Å². The lowest BCUT2D eigenvalue weighted by molar-refractivity contribution is 0.0689. The van der Waals surface area contributed by atoms with Gasteiger partial charge in [0.25, 0.3) is 0 Å². The second-order valence-corrected chi connectivity index (χ2v) is 2.77. The summed E-state index contributed by atoms with van der Waals surface area (Å²) in [6.07, 6.45) is 1.10. The van der Waals surface area contributed by atoms with Crippen molar-refractivity contribution in [3.63, 3.8) is 0 Å². The minimum Gasteiger partial charge on any atom is -0.476 e. The average Bonchev–Trinajstić information content (AvgIpc) is 2.03. The van der Waals surface area contributed by atoms with Gasteiger partial charge in [0.05, 0.1) is 6.20 Å². The Morgan fingerprint density at radius 3 is 2.85 bits per heavy atom. The van der Waals surface area contributed by atoms with Gasteiger partial charge in [0.1, 0.15) is 0 Å². The van der Waals surface area contributed by atoms with Crippen molar-refractivity contribution in [2.45, 2.75) is 19.9 Å². The Morgan fingerprint density at radius 2 is 2.31 bits per heavy atom. The van der Waals surface area contributed by atoms with Crippen LogP contribution >= 0.6 is 0 Å². The first kappa shape index (κ1) is 9.37. The van der Waals surface area contributed by atoms with Gasteiger partial charge >= 0.3 is 5.97 Å². The van der Waals surface area contributed by atoms with Gasteiger partial charge in [0.15, 0.2) is 5.69 Å². The first-order valence-electron chi connectivity index (χ1n) is 3.79. The topological polar surface area (TPSA) is 88.0 Å². The number of carboxylic acid groups (broad SMARTS) is 1. The maximum absolute atomic E-state index is 10.5. The number of nitrogens with zero attached hydrogens (tertiary/aromatic N) is 3. The SMILES string of the molecule is CC(C)Nc1nncc(C(=O)O)n1. The van der Waals surface area contributed by atoms with Crippen LogP contribution in [0, 0.1) is 0 Å². The zero-order valence-corrected chi connectivity index (χ0v) is 7.35. The van der Waals surface area contributed by atoms with Crippen LogP contribution in [0.5, 0.6) is 0 Å². The van der Waals surface area contributed by atoms with Gasteiger partial charge in [0.2, 0.25) is 5.95 Å². The summed E-state index contributed by atoms with van der Waals surface area (Å²) in [5.74, 6) is -0.878. The number of aromatic nitrogens is 3. The van der Waals surface area contributed by atoms with Gasteiger partial charge in [-0.1, -0.05) is 0 Å². The fraction of sp³-hybridized carbons (Fsp3) is 0.429. The predicted octanol–water partition coefficient (Wildman–Crippen LogP) is 0.390. The summed E-state index contributed by atoms with van der Waals surface area (Å²) in [6.45, 7) is 3.80. The summed E-state index contributed by atoms with van der Waals surface area (Å²) in [5.41, 5.74) is -0.113. The fourth-order valence-corrected chi connectivity index (χ4v) is 0.726. The highest BCUT2D eigenvalue weighted by Crippen LogP contribution is 1.99. The van der Waals surface area contributed by atoms with Crippen molar-refractivity contribution < 1.29 is 9.90 Å². The number of carbonyl (C=O) groups is 1. The summed E-state index contributed by atoms with van der Waals surface area (Å²) in [4.78, 5) is 14.2. The zero-order chi connectivity index (χ0) is 9.84. The van der Waals surface area contributed by atoms with E-state index < -0.39 is 5.97 Å². The number of nitrogens with one attached hydrogen (secondary N) is 1. The van der Waals surface area contributed by atoms with E-state index in [1.54, 1.807) is 0 Å². The molecule has 0 spiro atoms. The molecule has 0 saturated carbocycles. The predicted molar refractivity (Wildman–Crippen MR) is 45.5 cm³/mol. The maximum Gasteiger partial charge on any atom is 0.356 e. The van der Waals surface area contributed by atoms with Gasteiger partial charge < -0.3 is 10.4 Å². The summed E-state index contributed by atoms with van der Waals surface area (Å²) in [7, 11) is 0. The average molecular weight is 182 g/mol. The molecule has 0 saturated heterocycles. The summed E-state index contributed by atoms with van der Waals surface area (Å²) in [6, 6.07) is 0.144. The van der Waals surface area contributed by atoms with E-state index in [-0.39, 0.29) is 17.7 Å². The molecular weight excluding hydrogens is 172 g/mol. The van der Waals surface area contributed by atoms with E-state index in [0.717, 1.165) is 6.20 Å². The van der Waals surface area contributed by atoms with Gasteiger partial charge in [-0.2, -0.15) is 5.10 Å². The van der Waals surface area contributed by atoms with Crippen LogP contribution < -0.4 is 5.32 Å². The number of hydrogen-bond donors (Lipinski definition) is 2. The number of rotatable bonds is 3. The molecule has 1 rings (SSSR count). The van der Waals surface area contributed by atoms with E-state index in [0.29, 0.717) is 0 Å². The minimum atomic E-state index is -1.11. The Morgan fingerprint density at radius 1 is 1.62 bits per heavy atom. The lowest BCUT2D eigenvalue weighted by Crippen LogP contribution is -2.15. The lowest BCUT2D eigenvalue weighted by atomic mass is 10.4. The van der Waals surface area contributed by atoms with Crippen LogP contribution in [-0.2, 0) is 0 Å². The summed E-state index contributed by atoms with van der Waals surface area (Å²) < 4.78 is 0. The molecule has 0 aliphatic carbocycles. The van der Waals surface area contributed by atoms with Crippen LogP contribution in [-0.4, -0.2) is 32.3 Å². The van der Waals surface area contributed by atoms with Gasteiger partial charge in [0, 0.05) is 6.04 Å². The summed E-state index contributed by atoms with van der Waals surface area (Å²) in [5, 5.41) is 18.6. The quantitative estimate of drug-likeness (QED) is 0.703. The van der Waals surface area contributed by atoms with Crippen LogP contribution in [0.15, 0.2) is 6.20 Å². The number of aromatic carboxylic acids is 1. The van der Waals surface area contributed by atoms with Crippen LogP contribution in [0.4, 0.5) is 5.95 Å². The molecule has 0 aliphatic rings. The lowest BCUT2D eigenvalue weighted by Gasteiger charge is -2.06. The molecule has 1 heterocycles. The van der Waals surface area contributed by atoms with Crippen molar-refractivity contribution in [3.8, 4) is 0 Å². The highest BCUT2D eigenvalue weighted by molar-refractivity contribution is 5.85. The molecule has 6 heteroatoms. The van der Waals surface area contributed by atoms with E-state index in [1.807, 2.05) is 13.8 Å². The van der Waals surface area contributed by atoms with Crippen LogP contribution in [0.25, 0.3) is 0 Å². The molecular formula is C7H10N4O2. The monoisotopic (exact) mass is 182 g/mol. The van der Waals surface area contributed by atoms with Gasteiger partial charge in [-0.25, -0.2) is 9.78 Å². The van der Waals surface area contributed by atoms with Crippen LogP contribution in [0.1, 0.15) is 24.3 Å². The molecule has 0 radical (unpaired) electrons. The third-order valence-electron chi connectivity index (χ3n) is 1.20. The first-order chi connectivity index (χ1) is 6.09. The molecule has 0 aliphatic heterocycles.